The molecule has 4 nitrogen and oxygen atoms in total. The van der Waals surface area contributed by atoms with Crippen LogP contribution in [0.25, 0.3) is 11.6 Å². The molecule has 0 bridgehead atoms. The summed E-state index contributed by atoms with van der Waals surface area (Å²) in [5.74, 6) is 0.406. The number of aliphatic hydroxyl groups excluding tert-OH is 1. The Hall–Kier alpha value is -2.49. The summed E-state index contributed by atoms with van der Waals surface area (Å²) in [4.78, 5) is 0. The third-order valence-electron chi connectivity index (χ3n) is 4.09. The molecule has 0 saturated heterocycles. The van der Waals surface area contributed by atoms with Gasteiger partial charge in [-0.05, 0) is 44.9 Å². The molecular formula is C15H9N3O. The molecule has 0 atom stereocenters. The number of benzene rings is 1. The first-order valence-corrected chi connectivity index (χ1v) is 6.31. The fourth-order valence-electron chi connectivity index (χ4n) is 3.18. The van der Waals surface area contributed by atoms with Gasteiger partial charge in [-0.25, -0.2) is 0 Å². The number of aliphatic hydroxyl groups is 1. The lowest BCUT2D eigenvalue weighted by Crippen LogP contribution is -2.13. The minimum Gasteiger partial charge on any atom is -0.512 e. The van der Waals surface area contributed by atoms with Crippen LogP contribution in [-0.4, -0.2) is 5.11 Å². The highest BCUT2D eigenvalue weighted by Crippen LogP contribution is 2.37. The van der Waals surface area contributed by atoms with Crippen LogP contribution in [0.3, 0.4) is 0 Å². The van der Waals surface area contributed by atoms with Crippen LogP contribution in [0, 0.1) is 0 Å². The van der Waals surface area contributed by atoms with E-state index >= 15 is 0 Å². The van der Waals surface area contributed by atoms with Crippen molar-refractivity contribution in [2.45, 2.75) is 12.8 Å². The van der Waals surface area contributed by atoms with Crippen molar-refractivity contribution < 1.29 is 5.11 Å². The minimum absolute atomic E-state index is 0.406. The van der Waals surface area contributed by atoms with Gasteiger partial charge in [0.05, 0.1) is 5.76 Å². The summed E-state index contributed by atoms with van der Waals surface area (Å²) in [6.07, 6.45) is 9.40. The van der Waals surface area contributed by atoms with Crippen LogP contribution < -0.4 is 10.6 Å². The summed E-state index contributed by atoms with van der Waals surface area (Å²) in [7, 11) is 0. The third-order valence-corrected chi connectivity index (χ3v) is 4.09. The van der Waals surface area contributed by atoms with Gasteiger partial charge in [0.25, 0.3) is 0 Å². The molecule has 0 fully saturated rings. The second kappa shape index (κ2) is 2.91. The SMILES string of the molecule is OC1=CC=CC2=Cc3c4c(c5c(c3=C2C1)C5)=NN=N4. The van der Waals surface area contributed by atoms with Crippen LogP contribution in [-0.2, 0) is 6.42 Å². The normalized spacial score (nSPS) is 19.9. The lowest BCUT2D eigenvalue weighted by Gasteiger charge is -2.02. The van der Waals surface area contributed by atoms with Crippen molar-refractivity contribution in [2.75, 3.05) is 0 Å². The summed E-state index contributed by atoms with van der Waals surface area (Å²) in [6.45, 7) is 0. The van der Waals surface area contributed by atoms with E-state index < -0.39 is 0 Å². The van der Waals surface area contributed by atoms with E-state index in [1.807, 2.05) is 12.2 Å². The predicted octanol–water partition coefficient (Wildman–Crippen LogP) is 2.17. The summed E-state index contributed by atoms with van der Waals surface area (Å²) in [5.41, 5.74) is 7.03. The standard InChI is InChI=1S/C15H9N3O/c19-8-3-1-2-7-4-12-13(9(7)5-8)10-6-11(10)14-15(12)17-18-16-14/h1-4,19H,5-6H2. The van der Waals surface area contributed by atoms with Crippen molar-refractivity contribution in [1.29, 1.82) is 0 Å². The van der Waals surface area contributed by atoms with E-state index in [0.29, 0.717) is 12.2 Å². The molecule has 1 aliphatic heterocycles. The molecule has 0 spiro atoms. The van der Waals surface area contributed by atoms with Crippen molar-refractivity contribution in [2.24, 2.45) is 15.4 Å². The Morgan fingerprint density at radius 1 is 1.16 bits per heavy atom. The van der Waals surface area contributed by atoms with Gasteiger partial charge in [0.1, 0.15) is 11.0 Å². The summed E-state index contributed by atoms with van der Waals surface area (Å²) in [6, 6.07) is 0. The van der Waals surface area contributed by atoms with Gasteiger partial charge >= 0.3 is 0 Å². The van der Waals surface area contributed by atoms with Crippen LogP contribution in [0.5, 0.6) is 0 Å². The van der Waals surface area contributed by atoms with Crippen molar-refractivity contribution in [1.82, 2.24) is 0 Å². The van der Waals surface area contributed by atoms with Crippen molar-refractivity contribution >= 4 is 17.3 Å². The van der Waals surface area contributed by atoms with E-state index in [4.69, 9.17) is 0 Å². The van der Waals surface area contributed by atoms with Gasteiger partial charge in [0.15, 0.2) is 0 Å². The second-order valence-corrected chi connectivity index (χ2v) is 5.18. The van der Waals surface area contributed by atoms with Gasteiger partial charge in [0, 0.05) is 18.4 Å². The van der Waals surface area contributed by atoms with Gasteiger partial charge in [-0.3, -0.25) is 0 Å². The molecule has 0 saturated carbocycles. The van der Waals surface area contributed by atoms with Gasteiger partial charge in [-0.1, -0.05) is 12.2 Å². The second-order valence-electron chi connectivity index (χ2n) is 5.18. The maximum Gasteiger partial charge on any atom is 0.123 e. The predicted molar refractivity (Wildman–Crippen MR) is 70.4 cm³/mol. The van der Waals surface area contributed by atoms with E-state index in [1.165, 1.54) is 27.5 Å². The van der Waals surface area contributed by atoms with Crippen molar-refractivity contribution in [3.8, 4) is 0 Å². The van der Waals surface area contributed by atoms with Crippen molar-refractivity contribution in [3.63, 3.8) is 0 Å². The van der Waals surface area contributed by atoms with Gasteiger partial charge in [0.2, 0.25) is 0 Å². The van der Waals surface area contributed by atoms with Crippen LogP contribution in [0.4, 0.5) is 5.69 Å². The van der Waals surface area contributed by atoms with Gasteiger partial charge in [-0.2, -0.15) is 0 Å². The van der Waals surface area contributed by atoms with Gasteiger partial charge < -0.3 is 5.11 Å². The quantitative estimate of drug-likeness (QED) is 0.762. The van der Waals surface area contributed by atoms with E-state index in [1.54, 1.807) is 6.08 Å². The van der Waals surface area contributed by atoms with Crippen LogP contribution in [0.2, 0.25) is 0 Å². The molecule has 0 unspecified atom stereocenters. The van der Waals surface area contributed by atoms with Crippen LogP contribution in [0.1, 0.15) is 23.1 Å². The molecule has 1 N–H and O–H groups in total. The summed E-state index contributed by atoms with van der Waals surface area (Å²) < 4.78 is 0. The van der Waals surface area contributed by atoms with E-state index in [0.717, 1.165) is 23.0 Å². The molecule has 0 radical (unpaired) electrons. The molecule has 3 aliphatic carbocycles. The zero-order valence-corrected chi connectivity index (χ0v) is 10.0. The largest absolute Gasteiger partial charge is 0.512 e. The molecule has 90 valence electrons. The molecule has 4 heteroatoms. The Balaban J connectivity index is 1.95. The lowest BCUT2D eigenvalue weighted by atomic mass is 10.0. The smallest absolute Gasteiger partial charge is 0.123 e. The van der Waals surface area contributed by atoms with Crippen molar-refractivity contribution in [3.05, 3.63) is 56.8 Å². The fourth-order valence-corrected chi connectivity index (χ4v) is 3.18. The van der Waals surface area contributed by atoms with Crippen LogP contribution >= 0.6 is 0 Å². The molecular weight excluding hydrogens is 238 g/mol. The molecule has 5 rings (SSSR count). The lowest BCUT2D eigenvalue weighted by molar-refractivity contribution is 0.403. The van der Waals surface area contributed by atoms with E-state index in [2.05, 4.69) is 21.5 Å². The topological polar surface area (TPSA) is 57.3 Å². The Morgan fingerprint density at radius 2 is 2.11 bits per heavy atom. The molecule has 1 aromatic rings. The molecule has 0 amide bonds. The Labute approximate surface area is 108 Å². The Bertz CT molecular complexity index is 914. The number of nitrogens with zero attached hydrogens (tertiary/aromatic N) is 3. The number of allylic oxidation sites excluding steroid dienone is 5. The summed E-state index contributed by atoms with van der Waals surface area (Å²) in [5, 5.41) is 24.2. The molecule has 19 heavy (non-hydrogen) atoms. The molecule has 1 aromatic carbocycles. The number of hydrogen-bond acceptors (Lipinski definition) is 4. The zero-order chi connectivity index (χ0) is 12.6. The van der Waals surface area contributed by atoms with E-state index in [-0.39, 0.29) is 0 Å². The number of hydrogen-bond donors (Lipinski definition) is 1. The first kappa shape index (κ1) is 9.44. The third kappa shape index (κ3) is 1.07. The van der Waals surface area contributed by atoms with E-state index in [9.17, 15) is 5.11 Å². The number of rotatable bonds is 0. The fraction of sp³-hybridized carbons (Fsp3) is 0.133. The number of fused-ring (bicyclic) bond motifs is 7. The molecule has 1 heterocycles. The average Bonchev–Trinajstić information content (AvgIpc) is 2.95. The van der Waals surface area contributed by atoms with Crippen LogP contribution in [0.15, 0.2) is 45.0 Å². The highest BCUT2D eigenvalue weighted by Gasteiger charge is 2.32. The Morgan fingerprint density at radius 3 is 3.05 bits per heavy atom. The molecule has 0 aromatic heterocycles. The average molecular weight is 247 g/mol. The molecule has 4 aliphatic rings. The zero-order valence-electron chi connectivity index (χ0n) is 10.0. The minimum atomic E-state index is 0.406. The highest BCUT2D eigenvalue weighted by atomic mass is 16.3. The highest BCUT2D eigenvalue weighted by molar-refractivity contribution is 5.91. The maximum absolute atomic E-state index is 9.86. The van der Waals surface area contributed by atoms with Gasteiger partial charge in [-0.15, -0.1) is 10.2 Å². The first-order valence-electron chi connectivity index (χ1n) is 6.31. The Kier molecular flexibility index (Phi) is 1.45. The first-order chi connectivity index (χ1) is 9.33. The monoisotopic (exact) mass is 247 g/mol. The summed E-state index contributed by atoms with van der Waals surface area (Å²) >= 11 is 0. The maximum atomic E-state index is 9.86.